The molecule has 9 nitrogen and oxygen atoms in total. The maximum absolute atomic E-state index is 14.2. The van der Waals surface area contributed by atoms with Gasteiger partial charge in [0, 0.05) is 24.4 Å². The molecular weight excluding hydrogens is 466 g/mol. The molecule has 1 aliphatic heterocycles. The first-order valence-corrected chi connectivity index (χ1v) is 11.7. The van der Waals surface area contributed by atoms with Crippen molar-refractivity contribution in [2.45, 2.75) is 19.4 Å². The molecule has 5 rings (SSSR count). The van der Waals surface area contributed by atoms with Gasteiger partial charge in [-0.2, -0.15) is 10.2 Å². The van der Waals surface area contributed by atoms with Gasteiger partial charge in [-0.15, -0.1) is 4.58 Å². The standard InChI is InChI=1S/C28H24N7O2/c1-17(33-26-20(15-29)16-32-28(30)34-26)23-13-19-7-6-10-22(18-11-12-31-24(14-18)37-2)25(19)27(36)35(23)21-8-4-3-5-9-21/h3-12,14,16-17H,13H2,1-2H3,(H3,30,32,33,34)/q+1/t17-/m0/s1. The van der Waals surface area contributed by atoms with Crippen LogP contribution in [0.4, 0.5) is 17.5 Å². The van der Waals surface area contributed by atoms with Crippen molar-refractivity contribution in [1.29, 1.82) is 5.26 Å². The van der Waals surface area contributed by atoms with Crippen LogP contribution in [0.1, 0.15) is 28.4 Å². The number of carbonyl (C=O) groups is 1. The van der Waals surface area contributed by atoms with Gasteiger partial charge < -0.3 is 15.8 Å². The van der Waals surface area contributed by atoms with E-state index >= 15 is 0 Å². The van der Waals surface area contributed by atoms with Crippen LogP contribution in [0, 0.1) is 11.3 Å². The van der Waals surface area contributed by atoms with Crippen LogP contribution in [-0.2, 0) is 6.42 Å². The number of hydrogen-bond acceptors (Lipinski definition) is 8. The van der Waals surface area contributed by atoms with E-state index in [4.69, 9.17) is 10.5 Å². The van der Waals surface area contributed by atoms with Crippen molar-refractivity contribution >= 4 is 29.1 Å². The van der Waals surface area contributed by atoms with Gasteiger partial charge in [0.15, 0.2) is 5.71 Å². The third-order valence-electron chi connectivity index (χ3n) is 6.28. The van der Waals surface area contributed by atoms with Crippen molar-refractivity contribution in [3.05, 3.63) is 89.7 Å². The van der Waals surface area contributed by atoms with Gasteiger partial charge in [0.25, 0.3) is 0 Å². The lowest BCUT2D eigenvalue weighted by Gasteiger charge is -2.23. The highest BCUT2D eigenvalue weighted by atomic mass is 16.5. The molecule has 4 aromatic rings. The van der Waals surface area contributed by atoms with Crippen LogP contribution < -0.4 is 15.8 Å². The molecule has 3 heterocycles. The Morgan fingerprint density at radius 1 is 1.14 bits per heavy atom. The minimum Gasteiger partial charge on any atom is -0.481 e. The zero-order valence-electron chi connectivity index (χ0n) is 20.3. The van der Waals surface area contributed by atoms with E-state index in [2.05, 4.69) is 26.3 Å². The summed E-state index contributed by atoms with van der Waals surface area (Å²) in [5.41, 5.74) is 10.8. The number of pyridine rings is 1. The van der Waals surface area contributed by atoms with Gasteiger partial charge >= 0.3 is 5.91 Å². The normalized spacial score (nSPS) is 13.5. The Labute approximate surface area is 213 Å². The second kappa shape index (κ2) is 9.87. The molecule has 37 heavy (non-hydrogen) atoms. The average molecular weight is 491 g/mol. The number of rotatable bonds is 6. The highest BCUT2D eigenvalue weighted by molar-refractivity contribution is 6.07. The molecule has 9 heteroatoms. The van der Waals surface area contributed by atoms with Crippen LogP contribution in [0.3, 0.4) is 0 Å². The summed E-state index contributed by atoms with van der Waals surface area (Å²) in [4.78, 5) is 26.6. The molecule has 182 valence electrons. The van der Waals surface area contributed by atoms with Crippen LogP contribution in [0.2, 0.25) is 0 Å². The number of hydrogen-bond donors (Lipinski definition) is 2. The predicted octanol–water partition coefficient (Wildman–Crippen LogP) is 3.98. The quantitative estimate of drug-likeness (QED) is 0.388. The van der Waals surface area contributed by atoms with Gasteiger partial charge in [0.2, 0.25) is 17.5 Å². The van der Waals surface area contributed by atoms with E-state index in [1.165, 1.54) is 6.20 Å². The summed E-state index contributed by atoms with van der Waals surface area (Å²) in [7, 11) is 1.56. The number of methoxy groups -OCH3 is 1. The number of nitrogens with one attached hydrogen (secondary N) is 1. The second-order valence-corrected chi connectivity index (χ2v) is 8.54. The predicted molar refractivity (Wildman–Crippen MR) is 140 cm³/mol. The molecule has 2 aromatic heterocycles. The monoisotopic (exact) mass is 490 g/mol. The third kappa shape index (κ3) is 4.48. The minimum absolute atomic E-state index is 0.0566. The first kappa shape index (κ1) is 23.6. The molecule has 0 spiro atoms. The maximum Gasteiger partial charge on any atom is 0.426 e. The summed E-state index contributed by atoms with van der Waals surface area (Å²) in [6.07, 6.45) is 3.55. The molecule has 1 amide bonds. The molecule has 0 unspecified atom stereocenters. The van der Waals surface area contributed by atoms with E-state index in [1.807, 2.05) is 67.6 Å². The van der Waals surface area contributed by atoms with E-state index in [-0.39, 0.29) is 23.5 Å². The van der Waals surface area contributed by atoms with Crippen molar-refractivity contribution in [3.8, 4) is 23.1 Å². The molecule has 0 bridgehead atoms. The van der Waals surface area contributed by atoms with Crippen LogP contribution >= 0.6 is 0 Å². The van der Waals surface area contributed by atoms with Crippen molar-refractivity contribution in [1.82, 2.24) is 15.0 Å². The Kier molecular flexibility index (Phi) is 6.31. The van der Waals surface area contributed by atoms with E-state index in [9.17, 15) is 10.1 Å². The van der Waals surface area contributed by atoms with Gasteiger partial charge in [0.1, 0.15) is 29.1 Å². The van der Waals surface area contributed by atoms with Gasteiger partial charge in [0.05, 0.1) is 19.7 Å². The molecule has 0 fully saturated rings. The fourth-order valence-corrected chi connectivity index (χ4v) is 4.53. The number of benzene rings is 2. The number of amides is 1. The Morgan fingerprint density at radius 3 is 2.70 bits per heavy atom. The number of nitrogens with zero attached hydrogens (tertiary/aromatic N) is 5. The second-order valence-electron chi connectivity index (χ2n) is 8.54. The molecule has 1 aliphatic rings. The molecule has 3 N–H and O–H groups in total. The zero-order chi connectivity index (χ0) is 25.9. The molecule has 0 radical (unpaired) electrons. The van der Waals surface area contributed by atoms with Gasteiger partial charge in [-0.25, -0.2) is 14.8 Å². The number of anilines is 2. The number of fused-ring (bicyclic) bond motifs is 1. The number of nitrogens with two attached hydrogens (primary N) is 1. The number of aromatic nitrogens is 3. The SMILES string of the molecule is COc1cc(-c2cccc3c2C(=O)[N+](c2ccccc2)=C([C@H](C)Nc2nc(N)ncc2C#N)C3)ccn1. The van der Waals surface area contributed by atoms with Crippen LogP contribution in [0.15, 0.2) is 73.1 Å². The number of ether oxygens (including phenoxy) is 1. The lowest BCUT2D eigenvalue weighted by atomic mass is 9.88. The summed E-state index contributed by atoms with van der Waals surface area (Å²) in [5, 5.41) is 12.8. The zero-order valence-corrected chi connectivity index (χ0v) is 20.3. The van der Waals surface area contributed by atoms with Crippen LogP contribution in [0.25, 0.3) is 11.1 Å². The summed E-state index contributed by atoms with van der Waals surface area (Å²) in [6, 6.07) is 20.8. The summed E-state index contributed by atoms with van der Waals surface area (Å²) in [6.45, 7) is 1.93. The Morgan fingerprint density at radius 2 is 1.95 bits per heavy atom. The van der Waals surface area contributed by atoms with Crippen LogP contribution in [-0.4, -0.2) is 44.3 Å². The van der Waals surface area contributed by atoms with Crippen molar-refractivity contribution in [2.24, 2.45) is 0 Å². The summed E-state index contributed by atoms with van der Waals surface area (Å²) in [5.74, 6) is 0.700. The smallest absolute Gasteiger partial charge is 0.426 e. The van der Waals surface area contributed by atoms with Gasteiger partial charge in [-0.1, -0.05) is 36.4 Å². The van der Waals surface area contributed by atoms with Gasteiger partial charge in [-0.3, -0.25) is 0 Å². The number of carbonyl (C=O) groups excluding carboxylic acids is 1. The molecule has 0 aliphatic carbocycles. The average Bonchev–Trinajstić information content (AvgIpc) is 2.93. The highest BCUT2D eigenvalue weighted by Gasteiger charge is 2.39. The van der Waals surface area contributed by atoms with E-state index in [0.717, 1.165) is 28.1 Å². The topological polar surface area (TPSA) is 130 Å². The van der Waals surface area contributed by atoms with Crippen molar-refractivity contribution < 1.29 is 14.1 Å². The molecular formula is C28H24N7O2+. The van der Waals surface area contributed by atoms with Crippen molar-refractivity contribution in [2.75, 3.05) is 18.2 Å². The molecule has 0 saturated heterocycles. The summed E-state index contributed by atoms with van der Waals surface area (Å²) >= 11 is 0. The Hall–Kier alpha value is -5.10. The van der Waals surface area contributed by atoms with Crippen molar-refractivity contribution in [3.63, 3.8) is 0 Å². The number of para-hydroxylation sites is 1. The van der Waals surface area contributed by atoms with E-state index in [1.54, 1.807) is 17.9 Å². The first-order chi connectivity index (χ1) is 18.0. The highest BCUT2D eigenvalue weighted by Crippen LogP contribution is 2.33. The first-order valence-electron chi connectivity index (χ1n) is 11.7. The number of nitriles is 1. The van der Waals surface area contributed by atoms with Gasteiger partial charge in [-0.05, 0) is 29.7 Å². The molecule has 2 aromatic carbocycles. The largest absolute Gasteiger partial charge is 0.481 e. The fourth-order valence-electron chi connectivity index (χ4n) is 4.53. The lowest BCUT2D eigenvalue weighted by Crippen LogP contribution is -2.41. The Bertz CT molecular complexity index is 1580. The lowest BCUT2D eigenvalue weighted by molar-refractivity contribution is -0.339. The molecule has 0 saturated carbocycles. The summed E-state index contributed by atoms with van der Waals surface area (Å²) < 4.78 is 7.04. The van der Waals surface area contributed by atoms with Crippen LogP contribution in [0.5, 0.6) is 5.88 Å². The Balaban J connectivity index is 1.64. The maximum atomic E-state index is 14.2. The van der Waals surface area contributed by atoms with E-state index < -0.39 is 0 Å². The molecule has 1 atom stereocenters. The fraction of sp³-hybridized carbons (Fsp3) is 0.143. The van der Waals surface area contributed by atoms with E-state index in [0.29, 0.717) is 23.7 Å². The minimum atomic E-state index is -0.358. The third-order valence-corrected chi connectivity index (χ3v) is 6.28. The number of nitrogen functional groups attached to an aromatic ring is 1.